The van der Waals surface area contributed by atoms with E-state index in [0.717, 1.165) is 11.7 Å². The number of hydrogen-bond donors (Lipinski definition) is 1. The predicted molar refractivity (Wildman–Crippen MR) is 54.3 cm³/mol. The molecule has 1 fully saturated rings. The third-order valence-corrected chi connectivity index (χ3v) is 2.78. The lowest BCUT2D eigenvalue weighted by atomic mass is 10.1. The molecule has 0 atom stereocenters. The summed E-state index contributed by atoms with van der Waals surface area (Å²) in [5.74, 6) is 2.21. The molecule has 0 nitrogen and oxygen atoms in total. The van der Waals surface area contributed by atoms with Gasteiger partial charge in [0.25, 0.3) is 0 Å². The molecule has 0 bridgehead atoms. The zero-order valence-electron chi connectivity index (χ0n) is 7.39. The normalized spacial score (nSPS) is 17.2. The van der Waals surface area contributed by atoms with Crippen molar-refractivity contribution in [3.63, 3.8) is 0 Å². The minimum atomic E-state index is 1.07. The predicted octanol–water partition coefficient (Wildman–Crippen LogP) is 3.67. The summed E-state index contributed by atoms with van der Waals surface area (Å²) in [6.07, 6.45) is 11.7. The van der Waals surface area contributed by atoms with Crippen LogP contribution in [0.25, 0.3) is 0 Å². The first-order chi connectivity index (χ1) is 5.43. The Morgan fingerprint density at radius 2 is 1.55 bits per heavy atom. The summed E-state index contributed by atoms with van der Waals surface area (Å²) in [5.41, 5.74) is 0. The molecule has 0 heterocycles. The molecule has 0 unspecified atom stereocenters. The first-order valence-corrected chi connectivity index (χ1v) is 5.67. The van der Waals surface area contributed by atoms with E-state index in [1.54, 1.807) is 0 Å². The van der Waals surface area contributed by atoms with Crippen LogP contribution in [0.15, 0.2) is 0 Å². The van der Waals surface area contributed by atoms with E-state index in [2.05, 4.69) is 12.6 Å². The first kappa shape index (κ1) is 9.44. The van der Waals surface area contributed by atoms with E-state index in [9.17, 15) is 0 Å². The summed E-state index contributed by atoms with van der Waals surface area (Å²) in [6.45, 7) is 0. The van der Waals surface area contributed by atoms with Gasteiger partial charge in [0.15, 0.2) is 0 Å². The van der Waals surface area contributed by atoms with E-state index in [0.29, 0.717) is 0 Å². The van der Waals surface area contributed by atoms with Crippen molar-refractivity contribution in [3.05, 3.63) is 0 Å². The van der Waals surface area contributed by atoms with Crippen molar-refractivity contribution >= 4 is 12.6 Å². The smallest absolute Gasteiger partial charge is 0.00979 e. The zero-order chi connectivity index (χ0) is 7.94. The van der Waals surface area contributed by atoms with Crippen LogP contribution in [-0.4, -0.2) is 5.75 Å². The highest BCUT2D eigenvalue weighted by Gasteiger charge is 2.19. The Morgan fingerprint density at radius 3 is 2.18 bits per heavy atom. The highest BCUT2D eigenvalue weighted by atomic mass is 32.1. The molecule has 66 valence electrons. The van der Waals surface area contributed by atoms with Crippen molar-refractivity contribution < 1.29 is 0 Å². The Labute approximate surface area is 76.2 Å². The van der Waals surface area contributed by atoms with Crippen molar-refractivity contribution in [3.8, 4) is 0 Å². The lowest BCUT2D eigenvalue weighted by molar-refractivity contribution is 0.582. The van der Waals surface area contributed by atoms with Crippen molar-refractivity contribution in [1.29, 1.82) is 0 Å². The lowest BCUT2D eigenvalue weighted by Gasteiger charge is -1.98. The quantitative estimate of drug-likeness (QED) is 0.439. The SMILES string of the molecule is SCCCCCCCC1CC1. The van der Waals surface area contributed by atoms with Gasteiger partial charge >= 0.3 is 0 Å². The molecule has 1 rings (SSSR count). The molecule has 0 aromatic heterocycles. The van der Waals surface area contributed by atoms with Crippen LogP contribution in [-0.2, 0) is 0 Å². The Bertz CT molecular complexity index is 86.9. The van der Waals surface area contributed by atoms with Crippen LogP contribution in [0, 0.1) is 5.92 Å². The number of hydrogen-bond acceptors (Lipinski definition) is 1. The number of thiol groups is 1. The second kappa shape index (κ2) is 5.93. The minimum absolute atomic E-state index is 1.07. The van der Waals surface area contributed by atoms with Crippen molar-refractivity contribution in [1.82, 2.24) is 0 Å². The van der Waals surface area contributed by atoms with Gasteiger partial charge in [-0.2, -0.15) is 12.6 Å². The minimum Gasteiger partial charge on any atom is -0.179 e. The van der Waals surface area contributed by atoms with Crippen LogP contribution < -0.4 is 0 Å². The lowest BCUT2D eigenvalue weighted by Crippen LogP contribution is -1.81. The molecule has 1 saturated carbocycles. The average molecular weight is 172 g/mol. The van der Waals surface area contributed by atoms with E-state index >= 15 is 0 Å². The average Bonchev–Trinajstić information content (AvgIpc) is 2.80. The Balaban J connectivity index is 1.66. The molecular formula is C10H20S. The maximum atomic E-state index is 4.19. The fraction of sp³-hybridized carbons (Fsp3) is 1.00. The standard InChI is InChI=1S/C10H20S/c11-9-5-3-1-2-4-6-10-7-8-10/h10-11H,1-9H2. The summed E-state index contributed by atoms with van der Waals surface area (Å²) < 4.78 is 0. The van der Waals surface area contributed by atoms with Crippen molar-refractivity contribution in [2.75, 3.05) is 5.75 Å². The van der Waals surface area contributed by atoms with Gasteiger partial charge in [-0.05, 0) is 18.1 Å². The van der Waals surface area contributed by atoms with E-state index in [1.807, 2.05) is 0 Å². The molecule has 0 spiro atoms. The van der Waals surface area contributed by atoms with Crippen molar-refractivity contribution in [2.24, 2.45) is 5.92 Å². The maximum absolute atomic E-state index is 4.19. The van der Waals surface area contributed by atoms with Gasteiger partial charge < -0.3 is 0 Å². The molecule has 1 heteroatoms. The van der Waals surface area contributed by atoms with Gasteiger partial charge in [0.1, 0.15) is 0 Å². The van der Waals surface area contributed by atoms with Crippen LogP contribution in [0.2, 0.25) is 0 Å². The Hall–Kier alpha value is 0.350. The Kier molecular flexibility index (Phi) is 5.09. The fourth-order valence-corrected chi connectivity index (χ4v) is 1.71. The molecule has 0 saturated heterocycles. The molecule has 1 aliphatic rings. The van der Waals surface area contributed by atoms with Crippen LogP contribution in [0.4, 0.5) is 0 Å². The highest BCUT2D eigenvalue weighted by Crippen LogP contribution is 2.34. The van der Waals surface area contributed by atoms with Crippen molar-refractivity contribution in [2.45, 2.75) is 51.4 Å². The number of unbranched alkanes of at least 4 members (excludes halogenated alkanes) is 4. The van der Waals surface area contributed by atoms with Gasteiger partial charge in [0, 0.05) is 0 Å². The summed E-state index contributed by atoms with van der Waals surface area (Å²) in [6, 6.07) is 0. The first-order valence-electron chi connectivity index (χ1n) is 5.04. The van der Waals surface area contributed by atoms with Gasteiger partial charge in [0.2, 0.25) is 0 Å². The molecule has 0 radical (unpaired) electrons. The van der Waals surface area contributed by atoms with Crippen LogP contribution >= 0.6 is 12.6 Å². The number of rotatable bonds is 7. The van der Waals surface area contributed by atoms with Gasteiger partial charge in [-0.25, -0.2) is 0 Å². The summed E-state index contributed by atoms with van der Waals surface area (Å²) >= 11 is 4.19. The highest BCUT2D eigenvalue weighted by molar-refractivity contribution is 7.80. The Morgan fingerprint density at radius 1 is 0.909 bits per heavy atom. The molecule has 0 aromatic carbocycles. The second-order valence-corrected chi connectivity index (χ2v) is 4.17. The summed E-state index contributed by atoms with van der Waals surface area (Å²) in [7, 11) is 0. The van der Waals surface area contributed by atoms with E-state index in [-0.39, 0.29) is 0 Å². The third kappa shape index (κ3) is 5.60. The van der Waals surface area contributed by atoms with Crippen LogP contribution in [0.1, 0.15) is 51.4 Å². The van der Waals surface area contributed by atoms with E-state index < -0.39 is 0 Å². The second-order valence-electron chi connectivity index (χ2n) is 3.72. The third-order valence-electron chi connectivity index (χ3n) is 2.47. The molecule has 0 aromatic rings. The van der Waals surface area contributed by atoms with E-state index in [4.69, 9.17) is 0 Å². The largest absolute Gasteiger partial charge is 0.179 e. The van der Waals surface area contributed by atoms with Gasteiger partial charge in [-0.15, -0.1) is 0 Å². The fourth-order valence-electron chi connectivity index (χ4n) is 1.48. The molecular weight excluding hydrogens is 152 g/mol. The molecule has 0 N–H and O–H groups in total. The summed E-state index contributed by atoms with van der Waals surface area (Å²) in [4.78, 5) is 0. The molecule has 0 aliphatic heterocycles. The maximum Gasteiger partial charge on any atom is -0.00979 e. The molecule has 0 amide bonds. The topological polar surface area (TPSA) is 0 Å². The summed E-state index contributed by atoms with van der Waals surface area (Å²) in [5, 5.41) is 0. The van der Waals surface area contributed by atoms with Crippen LogP contribution in [0.5, 0.6) is 0 Å². The van der Waals surface area contributed by atoms with E-state index in [1.165, 1.54) is 51.4 Å². The van der Waals surface area contributed by atoms with Gasteiger partial charge in [-0.3, -0.25) is 0 Å². The van der Waals surface area contributed by atoms with Gasteiger partial charge in [0.05, 0.1) is 0 Å². The van der Waals surface area contributed by atoms with Crippen LogP contribution in [0.3, 0.4) is 0 Å². The monoisotopic (exact) mass is 172 g/mol. The van der Waals surface area contributed by atoms with Gasteiger partial charge in [-0.1, -0.05) is 44.9 Å². The molecule has 1 aliphatic carbocycles. The zero-order valence-corrected chi connectivity index (χ0v) is 8.28. The molecule has 11 heavy (non-hydrogen) atoms.